The highest BCUT2D eigenvalue weighted by atomic mass is 19.3. The molecule has 1 fully saturated rings. The number of halogens is 2. The molecule has 0 aromatic heterocycles. The molecule has 0 bridgehead atoms. The molecule has 0 aliphatic carbocycles. The average molecular weight is 428 g/mol. The van der Waals surface area contributed by atoms with Crippen molar-refractivity contribution in [3.05, 3.63) is 23.8 Å². The van der Waals surface area contributed by atoms with Gasteiger partial charge in [-0.1, -0.05) is 6.07 Å². The second-order valence-electron chi connectivity index (χ2n) is 6.72. The Morgan fingerprint density at radius 1 is 1.30 bits per heavy atom. The number of alkyl halides is 2. The average Bonchev–Trinajstić information content (AvgIpc) is 2.73. The third kappa shape index (κ3) is 7.23. The Morgan fingerprint density at radius 3 is 2.63 bits per heavy atom. The van der Waals surface area contributed by atoms with Crippen molar-refractivity contribution in [3.63, 3.8) is 0 Å². The number of rotatable bonds is 8. The monoisotopic (exact) mass is 428 g/mol. The van der Waals surface area contributed by atoms with Crippen LogP contribution in [-0.4, -0.2) is 70.0 Å². The fourth-order valence-electron chi connectivity index (χ4n) is 3.20. The number of guanidine groups is 1. The number of ether oxygens (including phenoxy) is 3. The number of carbonyl (C=O) groups is 1. The maximum Gasteiger partial charge on any atom is 0.409 e. The predicted octanol–water partition coefficient (Wildman–Crippen LogP) is 2.63. The Bertz CT molecular complexity index is 710. The zero-order chi connectivity index (χ0) is 21.9. The number of hydrogen-bond donors (Lipinski definition) is 2. The lowest BCUT2D eigenvalue weighted by atomic mass is 10.1. The van der Waals surface area contributed by atoms with Gasteiger partial charge in [0.15, 0.2) is 17.5 Å². The third-order valence-corrected chi connectivity index (χ3v) is 4.74. The third-order valence-electron chi connectivity index (χ3n) is 4.74. The fraction of sp³-hybridized carbons (Fsp3) is 0.600. The largest absolute Gasteiger partial charge is 0.493 e. The van der Waals surface area contributed by atoms with Gasteiger partial charge < -0.3 is 29.7 Å². The Morgan fingerprint density at radius 2 is 2.03 bits per heavy atom. The number of carbonyl (C=O) groups excluding carboxylic acids is 1. The fourth-order valence-corrected chi connectivity index (χ4v) is 3.20. The van der Waals surface area contributed by atoms with E-state index in [9.17, 15) is 13.6 Å². The maximum absolute atomic E-state index is 12.6. The van der Waals surface area contributed by atoms with E-state index in [1.165, 1.54) is 7.11 Å². The van der Waals surface area contributed by atoms with Crippen molar-refractivity contribution in [1.82, 2.24) is 15.5 Å². The van der Waals surface area contributed by atoms with Crippen molar-refractivity contribution in [2.45, 2.75) is 38.8 Å². The molecule has 2 N–H and O–H groups in total. The first-order valence-corrected chi connectivity index (χ1v) is 9.97. The minimum atomic E-state index is -2.91. The molecule has 30 heavy (non-hydrogen) atoms. The van der Waals surface area contributed by atoms with E-state index in [2.05, 4.69) is 20.4 Å². The van der Waals surface area contributed by atoms with Gasteiger partial charge in [0.25, 0.3) is 0 Å². The zero-order valence-corrected chi connectivity index (χ0v) is 17.6. The van der Waals surface area contributed by atoms with Crippen LogP contribution in [0.5, 0.6) is 11.5 Å². The Labute approximate surface area is 175 Å². The number of aliphatic imine (C=N–C) groups is 1. The highest BCUT2D eigenvalue weighted by molar-refractivity contribution is 5.80. The second-order valence-corrected chi connectivity index (χ2v) is 6.72. The summed E-state index contributed by atoms with van der Waals surface area (Å²) in [7, 11) is 3.09. The van der Waals surface area contributed by atoms with Crippen LogP contribution in [0, 0.1) is 0 Å². The zero-order valence-electron chi connectivity index (χ0n) is 17.6. The molecule has 0 spiro atoms. The van der Waals surface area contributed by atoms with E-state index in [1.54, 1.807) is 37.1 Å². The number of benzene rings is 1. The molecule has 1 heterocycles. The van der Waals surface area contributed by atoms with Gasteiger partial charge in [-0.15, -0.1) is 0 Å². The van der Waals surface area contributed by atoms with Crippen molar-refractivity contribution < 1.29 is 27.8 Å². The van der Waals surface area contributed by atoms with E-state index in [0.717, 1.165) is 18.4 Å². The first-order valence-electron chi connectivity index (χ1n) is 9.97. The SMILES string of the molecule is CCOC(=O)N1CCC(NC(=NC)NCCc2ccc(OC)c(OC(F)F)c2)CC1. The Kier molecular flexibility index (Phi) is 9.43. The maximum atomic E-state index is 12.6. The summed E-state index contributed by atoms with van der Waals surface area (Å²) in [4.78, 5) is 17.7. The van der Waals surface area contributed by atoms with Crippen LogP contribution in [0.4, 0.5) is 13.6 Å². The van der Waals surface area contributed by atoms with Crippen molar-refractivity contribution >= 4 is 12.1 Å². The molecule has 1 amide bonds. The summed E-state index contributed by atoms with van der Waals surface area (Å²) in [6.07, 6.45) is 1.91. The van der Waals surface area contributed by atoms with E-state index >= 15 is 0 Å². The second kappa shape index (κ2) is 12.0. The predicted molar refractivity (Wildman–Crippen MR) is 109 cm³/mol. The highest BCUT2D eigenvalue weighted by Crippen LogP contribution is 2.29. The van der Waals surface area contributed by atoms with E-state index in [1.807, 2.05) is 0 Å². The molecule has 0 unspecified atom stereocenters. The topological polar surface area (TPSA) is 84.4 Å². The summed E-state index contributed by atoms with van der Waals surface area (Å²) in [5.74, 6) is 0.932. The standard InChI is InChI=1S/C20H30F2N4O4/c1-4-29-20(27)26-11-8-15(9-12-26)25-19(23-2)24-10-7-14-5-6-16(28-3)17(13-14)30-18(21)22/h5-6,13,15,18H,4,7-12H2,1-3H3,(H2,23,24,25). The van der Waals surface area contributed by atoms with Gasteiger partial charge >= 0.3 is 12.7 Å². The first kappa shape index (κ1) is 23.5. The molecule has 1 aliphatic rings. The minimum Gasteiger partial charge on any atom is -0.493 e. The van der Waals surface area contributed by atoms with Crippen LogP contribution in [-0.2, 0) is 11.2 Å². The van der Waals surface area contributed by atoms with E-state index in [0.29, 0.717) is 38.6 Å². The molecule has 1 saturated heterocycles. The summed E-state index contributed by atoms with van der Waals surface area (Å²) in [5, 5.41) is 6.58. The number of nitrogens with one attached hydrogen (secondary N) is 2. The minimum absolute atomic E-state index is 0.0147. The van der Waals surface area contributed by atoms with Crippen molar-refractivity contribution in [2.75, 3.05) is 40.4 Å². The number of nitrogens with zero attached hydrogens (tertiary/aromatic N) is 2. The molecular formula is C20H30F2N4O4. The smallest absolute Gasteiger partial charge is 0.409 e. The van der Waals surface area contributed by atoms with Gasteiger partial charge in [-0.3, -0.25) is 4.99 Å². The first-order chi connectivity index (χ1) is 14.5. The number of hydrogen-bond acceptors (Lipinski definition) is 5. The van der Waals surface area contributed by atoms with Crippen molar-refractivity contribution in [2.24, 2.45) is 4.99 Å². The van der Waals surface area contributed by atoms with E-state index in [-0.39, 0.29) is 23.6 Å². The van der Waals surface area contributed by atoms with Gasteiger partial charge in [0.2, 0.25) is 0 Å². The summed E-state index contributed by atoms with van der Waals surface area (Å²) in [6, 6.07) is 5.17. The van der Waals surface area contributed by atoms with Gasteiger partial charge in [-0.25, -0.2) is 4.79 Å². The number of methoxy groups -OCH3 is 1. The lowest BCUT2D eigenvalue weighted by molar-refractivity contribution is -0.0512. The van der Waals surface area contributed by atoms with Crippen LogP contribution in [0.3, 0.4) is 0 Å². The number of likely N-dealkylation sites (tertiary alicyclic amines) is 1. The molecule has 1 aromatic carbocycles. The molecule has 0 atom stereocenters. The molecule has 1 aliphatic heterocycles. The molecule has 2 rings (SSSR count). The van der Waals surface area contributed by atoms with Crippen molar-refractivity contribution in [1.29, 1.82) is 0 Å². The normalized spacial score (nSPS) is 15.1. The molecule has 1 aromatic rings. The van der Waals surface area contributed by atoms with Crippen molar-refractivity contribution in [3.8, 4) is 11.5 Å². The van der Waals surface area contributed by atoms with Gasteiger partial charge in [0.05, 0.1) is 13.7 Å². The summed E-state index contributed by atoms with van der Waals surface area (Å²) in [5.41, 5.74) is 0.831. The molecule has 0 radical (unpaired) electrons. The van der Waals surface area contributed by atoms with Crippen LogP contribution < -0.4 is 20.1 Å². The van der Waals surface area contributed by atoms with Crippen LogP contribution in [0.1, 0.15) is 25.3 Å². The summed E-state index contributed by atoms with van der Waals surface area (Å²) in [6.45, 7) is 1.07. The Hall–Kier alpha value is -2.78. The lowest BCUT2D eigenvalue weighted by Gasteiger charge is -2.32. The molecule has 168 valence electrons. The number of piperidine rings is 1. The molecular weight excluding hydrogens is 398 g/mol. The highest BCUT2D eigenvalue weighted by Gasteiger charge is 2.24. The molecule has 8 nitrogen and oxygen atoms in total. The van der Waals surface area contributed by atoms with Gasteiger partial charge in [-0.2, -0.15) is 8.78 Å². The van der Waals surface area contributed by atoms with E-state index < -0.39 is 6.61 Å². The summed E-state index contributed by atoms with van der Waals surface area (Å²) < 4.78 is 39.7. The van der Waals surface area contributed by atoms with Gasteiger partial charge in [0, 0.05) is 32.7 Å². The molecule has 10 heteroatoms. The van der Waals surface area contributed by atoms with E-state index in [4.69, 9.17) is 9.47 Å². The van der Waals surface area contributed by atoms with Crippen LogP contribution >= 0.6 is 0 Å². The van der Waals surface area contributed by atoms with Gasteiger partial charge in [0.1, 0.15) is 0 Å². The van der Waals surface area contributed by atoms with Crippen LogP contribution in [0.15, 0.2) is 23.2 Å². The van der Waals surface area contributed by atoms with Crippen LogP contribution in [0.2, 0.25) is 0 Å². The summed E-state index contributed by atoms with van der Waals surface area (Å²) >= 11 is 0. The molecule has 0 saturated carbocycles. The lowest BCUT2D eigenvalue weighted by Crippen LogP contribution is -2.50. The quantitative estimate of drug-likeness (QED) is 0.489. The van der Waals surface area contributed by atoms with Gasteiger partial charge in [-0.05, 0) is 43.9 Å². The Balaban J connectivity index is 1.79. The number of amides is 1. The van der Waals surface area contributed by atoms with Crippen LogP contribution in [0.25, 0.3) is 0 Å².